The summed E-state index contributed by atoms with van der Waals surface area (Å²) < 4.78 is 0. The molecule has 0 aliphatic rings. The van der Waals surface area contributed by atoms with Crippen LogP contribution in [0.1, 0.15) is 0 Å². The molecule has 0 aliphatic carbocycles. The van der Waals surface area contributed by atoms with Crippen molar-refractivity contribution in [2.45, 2.75) is 0 Å². The molecule has 4 heavy (non-hydrogen) atoms. The quantitative estimate of drug-likeness (QED) is 0.287. The fourth-order valence-corrected chi connectivity index (χ4v) is 0. The van der Waals surface area contributed by atoms with Gasteiger partial charge < -0.3 is 0 Å². The maximum absolute atomic E-state index is 0. The van der Waals surface area contributed by atoms with Gasteiger partial charge >= 0.3 is 106 Å². The molecule has 0 fully saturated rings. The fraction of sp³-hybridized carbons (Fsp3) is 0. The molecule has 0 aromatic carbocycles. The standard InChI is InChI=1S/Cu.3Na/q+2;3*+1. The number of hydrogen-bond donors (Lipinski definition) is 0. The number of rotatable bonds is 0. The SMILES string of the molecule is [Cu+2].[Na+].[Na+].[Na+]. The summed E-state index contributed by atoms with van der Waals surface area (Å²) >= 11 is 0. The second kappa shape index (κ2) is 16.0. The van der Waals surface area contributed by atoms with E-state index in [1.807, 2.05) is 0 Å². The third-order valence-electron chi connectivity index (χ3n) is 0. The van der Waals surface area contributed by atoms with Crippen LogP contribution in [0.5, 0.6) is 0 Å². The van der Waals surface area contributed by atoms with Crippen LogP contribution in [0.25, 0.3) is 0 Å². The molecule has 0 saturated carbocycles. The Morgan fingerprint density at radius 1 is 0.500 bits per heavy atom. The van der Waals surface area contributed by atoms with Gasteiger partial charge in [-0.15, -0.1) is 0 Å². The minimum atomic E-state index is 0. The number of hydrogen-bond acceptors (Lipinski definition) is 0. The van der Waals surface area contributed by atoms with E-state index in [1.54, 1.807) is 0 Å². The molecule has 0 saturated heterocycles. The van der Waals surface area contributed by atoms with Gasteiger partial charge in [0.25, 0.3) is 0 Å². The van der Waals surface area contributed by atoms with E-state index >= 15 is 0 Å². The minimum absolute atomic E-state index is 0. The summed E-state index contributed by atoms with van der Waals surface area (Å²) in [7, 11) is 0. The van der Waals surface area contributed by atoms with E-state index in [2.05, 4.69) is 0 Å². The molecule has 0 bridgehead atoms. The van der Waals surface area contributed by atoms with Gasteiger partial charge in [-0.25, -0.2) is 0 Å². The van der Waals surface area contributed by atoms with Crippen molar-refractivity contribution < 1.29 is 106 Å². The Hall–Kier alpha value is 3.52. The van der Waals surface area contributed by atoms with Crippen LogP contribution < -0.4 is 88.7 Å². The molecule has 1 radical (unpaired) electrons. The molecule has 0 nitrogen and oxygen atoms in total. The third-order valence-corrected chi connectivity index (χ3v) is 0. The molecular weight excluding hydrogens is 133 g/mol. The Balaban J connectivity index is 0. The van der Waals surface area contributed by atoms with Gasteiger partial charge in [-0.1, -0.05) is 0 Å². The molecule has 0 heterocycles. The van der Waals surface area contributed by atoms with Crippen LogP contribution in [-0.2, 0) is 17.1 Å². The fourth-order valence-electron chi connectivity index (χ4n) is 0. The smallest absolute Gasteiger partial charge is 1.00 e. The second-order valence-corrected chi connectivity index (χ2v) is 0. The largest absolute Gasteiger partial charge is 2.00 e. The average molecular weight is 133 g/mol. The molecule has 9 valence electrons. The van der Waals surface area contributed by atoms with Crippen molar-refractivity contribution >= 4 is 0 Å². The topological polar surface area (TPSA) is 0 Å². The van der Waals surface area contributed by atoms with Crippen LogP contribution in [0.3, 0.4) is 0 Å². The molecule has 0 amide bonds. The Bertz CT molecular complexity index is 3.25. The summed E-state index contributed by atoms with van der Waals surface area (Å²) in [6, 6.07) is 0. The van der Waals surface area contributed by atoms with Gasteiger partial charge in [0.1, 0.15) is 0 Å². The monoisotopic (exact) mass is 132 g/mol. The van der Waals surface area contributed by atoms with Crippen molar-refractivity contribution in [2.24, 2.45) is 0 Å². The van der Waals surface area contributed by atoms with Crippen LogP contribution in [0, 0.1) is 0 Å². The first-order valence-electron chi connectivity index (χ1n) is 0. The Labute approximate surface area is 103 Å². The van der Waals surface area contributed by atoms with E-state index in [0.29, 0.717) is 0 Å². The van der Waals surface area contributed by atoms with Crippen molar-refractivity contribution in [1.82, 2.24) is 0 Å². The Kier molecular flexibility index (Phi) is 103. The summed E-state index contributed by atoms with van der Waals surface area (Å²) in [4.78, 5) is 0. The van der Waals surface area contributed by atoms with Gasteiger partial charge in [-0.3, -0.25) is 0 Å². The minimum Gasteiger partial charge on any atom is 1.00 e. The summed E-state index contributed by atoms with van der Waals surface area (Å²) in [5.74, 6) is 0. The van der Waals surface area contributed by atoms with Gasteiger partial charge in [-0.05, 0) is 0 Å². The average Bonchev–Trinajstić information content (AvgIpc) is 0. The molecule has 4 heteroatoms. The van der Waals surface area contributed by atoms with E-state index in [4.69, 9.17) is 0 Å². The van der Waals surface area contributed by atoms with Crippen LogP contribution in [-0.4, -0.2) is 0 Å². The van der Waals surface area contributed by atoms with E-state index in [0.717, 1.165) is 0 Å². The third kappa shape index (κ3) is 9.10. The van der Waals surface area contributed by atoms with E-state index in [-0.39, 0.29) is 106 Å². The molecule has 0 unspecified atom stereocenters. The first kappa shape index (κ1) is 25.8. The van der Waals surface area contributed by atoms with Crippen molar-refractivity contribution in [1.29, 1.82) is 0 Å². The maximum atomic E-state index is 0. The second-order valence-electron chi connectivity index (χ2n) is 0. The van der Waals surface area contributed by atoms with Crippen molar-refractivity contribution in [3.63, 3.8) is 0 Å². The van der Waals surface area contributed by atoms with Gasteiger partial charge in [0.15, 0.2) is 0 Å². The summed E-state index contributed by atoms with van der Waals surface area (Å²) in [6.07, 6.45) is 0. The van der Waals surface area contributed by atoms with Crippen molar-refractivity contribution in [3.8, 4) is 0 Å². The Morgan fingerprint density at radius 3 is 0.500 bits per heavy atom. The molecule has 0 aromatic heterocycles. The predicted molar refractivity (Wildman–Crippen MR) is 0 cm³/mol. The van der Waals surface area contributed by atoms with E-state index in [1.165, 1.54) is 0 Å². The molecule has 0 aromatic rings. The molecule has 0 N–H and O–H groups in total. The Morgan fingerprint density at radius 2 is 0.500 bits per heavy atom. The maximum Gasteiger partial charge on any atom is 2.00 e. The molecule has 0 atom stereocenters. The first-order chi connectivity index (χ1) is 0. The van der Waals surface area contributed by atoms with Crippen molar-refractivity contribution in [2.75, 3.05) is 0 Å². The molecule has 0 spiro atoms. The van der Waals surface area contributed by atoms with Gasteiger partial charge in [0, 0.05) is 0 Å². The zero-order chi connectivity index (χ0) is 0. The molecular formula is CuNa3+5. The summed E-state index contributed by atoms with van der Waals surface area (Å²) in [5, 5.41) is 0. The van der Waals surface area contributed by atoms with Crippen LogP contribution in [0.15, 0.2) is 0 Å². The van der Waals surface area contributed by atoms with E-state index in [9.17, 15) is 0 Å². The zero-order valence-electron chi connectivity index (χ0n) is 3.30. The normalized spacial score (nSPS) is 0. The van der Waals surface area contributed by atoms with Crippen molar-refractivity contribution in [3.05, 3.63) is 0 Å². The first-order valence-corrected chi connectivity index (χ1v) is 0. The molecule has 0 rings (SSSR count). The van der Waals surface area contributed by atoms with Crippen LogP contribution >= 0.6 is 0 Å². The van der Waals surface area contributed by atoms with Gasteiger partial charge in [-0.2, -0.15) is 0 Å². The molecule has 0 aliphatic heterocycles. The van der Waals surface area contributed by atoms with Gasteiger partial charge in [0.2, 0.25) is 0 Å². The zero-order valence-corrected chi connectivity index (χ0v) is 10.2. The van der Waals surface area contributed by atoms with E-state index < -0.39 is 0 Å². The summed E-state index contributed by atoms with van der Waals surface area (Å²) in [6.45, 7) is 0. The predicted octanol–water partition coefficient (Wildman–Crippen LogP) is -8.99. The van der Waals surface area contributed by atoms with Crippen LogP contribution in [0.4, 0.5) is 0 Å². The summed E-state index contributed by atoms with van der Waals surface area (Å²) in [5.41, 5.74) is 0. The van der Waals surface area contributed by atoms with Crippen LogP contribution in [0.2, 0.25) is 0 Å². The van der Waals surface area contributed by atoms with Gasteiger partial charge in [0.05, 0.1) is 0 Å².